The highest BCUT2D eigenvalue weighted by atomic mass is 15.3. The average Bonchev–Trinajstić information content (AvgIpc) is 2.75. The molecule has 4 rings (SSSR count). The maximum atomic E-state index is 4.48. The van der Waals surface area contributed by atoms with Crippen molar-refractivity contribution in [1.29, 1.82) is 0 Å². The van der Waals surface area contributed by atoms with Gasteiger partial charge >= 0.3 is 0 Å². The Morgan fingerprint density at radius 2 is 1.41 bits per heavy atom. The molecule has 4 nitrogen and oxygen atoms in total. The van der Waals surface area contributed by atoms with Crippen LogP contribution in [-0.2, 0) is 6.42 Å². The van der Waals surface area contributed by atoms with E-state index >= 15 is 0 Å². The van der Waals surface area contributed by atoms with Crippen molar-refractivity contribution in [3.05, 3.63) is 60.3 Å². The molecule has 0 unspecified atom stereocenters. The molecule has 1 aromatic heterocycles. The number of benzene rings is 1. The minimum absolute atomic E-state index is 0.866. The summed E-state index contributed by atoms with van der Waals surface area (Å²) in [6, 6.07) is 17.2. The summed E-state index contributed by atoms with van der Waals surface area (Å²) in [5.41, 5.74) is 1.50. The highest BCUT2D eigenvalue weighted by Crippen LogP contribution is 2.21. The zero-order valence-corrected chi connectivity index (χ0v) is 16.3. The van der Waals surface area contributed by atoms with Crippen LogP contribution in [0.15, 0.2) is 54.7 Å². The maximum Gasteiger partial charge on any atom is 0.128 e. The van der Waals surface area contributed by atoms with Crippen LogP contribution in [0.3, 0.4) is 0 Å². The van der Waals surface area contributed by atoms with E-state index in [9.17, 15) is 0 Å². The molecule has 0 atom stereocenters. The second kappa shape index (κ2) is 9.34. The maximum absolute atomic E-state index is 4.48. The van der Waals surface area contributed by atoms with E-state index in [-0.39, 0.29) is 0 Å². The smallest absolute Gasteiger partial charge is 0.128 e. The van der Waals surface area contributed by atoms with Gasteiger partial charge in [-0.1, -0.05) is 36.4 Å². The molecule has 0 N–H and O–H groups in total. The number of piperazine rings is 1. The topological polar surface area (TPSA) is 22.6 Å². The van der Waals surface area contributed by atoms with E-state index in [1.807, 2.05) is 12.3 Å². The van der Waals surface area contributed by atoms with Crippen LogP contribution in [0.5, 0.6) is 0 Å². The summed E-state index contributed by atoms with van der Waals surface area (Å²) < 4.78 is 0. The van der Waals surface area contributed by atoms with Gasteiger partial charge in [0.2, 0.25) is 0 Å². The third-order valence-corrected chi connectivity index (χ3v) is 6.15. The summed E-state index contributed by atoms with van der Waals surface area (Å²) in [6.07, 6.45) is 5.85. The summed E-state index contributed by atoms with van der Waals surface area (Å²) in [5.74, 6) is 1.99. The van der Waals surface area contributed by atoms with Crippen LogP contribution in [0, 0.1) is 5.92 Å². The number of rotatable bonds is 6. The van der Waals surface area contributed by atoms with Crippen LogP contribution in [0.4, 0.5) is 5.82 Å². The van der Waals surface area contributed by atoms with Gasteiger partial charge in [-0.15, -0.1) is 0 Å². The third-order valence-electron chi connectivity index (χ3n) is 6.15. The second-order valence-corrected chi connectivity index (χ2v) is 7.99. The SMILES string of the molecule is c1ccc(CC2CCN(CCN3CCN(c4ccccn4)CC3)CC2)cc1. The highest BCUT2D eigenvalue weighted by molar-refractivity contribution is 5.38. The molecule has 2 fully saturated rings. The fourth-order valence-electron chi connectivity index (χ4n) is 4.39. The molecule has 2 aliphatic heterocycles. The van der Waals surface area contributed by atoms with Crippen LogP contribution in [0.1, 0.15) is 18.4 Å². The van der Waals surface area contributed by atoms with E-state index in [0.29, 0.717) is 0 Å². The van der Waals surface area contributed by atoms with Crippen molar-refractivity contribution in [2.45, 2.75) is 19.3 Å². The van der Waals surface area contributed by atoms with E-state index in [4.69, 9.17) is 0 Å². The van der Waals surface area contributed by atoms with E-state index in [1.54, 1.807) is 0 Å². The number of nitrogens with zero attached hydrogens (tertiary/aromatic N) is 4. The predicted octanol–water partition coefficient (Wildman–Crippen LogP) is 3.16. The lowest BCUT2D eigenvalue weighted by atomic mass is 9.90. The molecule has 0 radical (unpaired) electrons. The Hall–Kier alpha value is -1.91. The molecule has 144 valence electrons. The molecule has 2 aliphatic rings. The van der Waals surface area contributed by atoms with Crippen LogP contribution in [0.25, 0.3) is 0 Å². The summed E-state index contributed by atoms with van der Waals surface area (Å²) >= 11 is 0. The van der Waals surface area contributed by atoms with Gasteiger partial charge in [-0.05, 0) is 56.0 Å². The molecule has 2 saturated heterocycles. The Kier molecular flexibility index (Phi) is 6.38. The third kappa shape index (κ3) is 5.30. The number of pyridine rings is 1. The van der Waals surface area contributed by atoms with E-state index in [1.165, 1.54) is 51.0 Å². The normalized spacial score (nSPS) is 20.1. The lowest BCUT2D eigenvalue weighted by Crippen LogP contribution is -2.49. The summed E-state index contributed by atoms with van der Waals surface area (Å²) in [7, 11) is 0. The zero-order valence-electron chi connectivity index (χ0n) is 16.3. The van der Waals surface area contributed by atoms with Gasteiger partial charge in [0.15, 0.2) is 0 Å². The first-order valence-corrected chi connectivity index (χ1v) is 10.5. The largest absolute Gasteiger partial charge is 0.354 e. The first-order valence-electron chi connectivity index (χ1n) is 10.5. The van der Waals surface area contributed by atoms with Crippen LogP contribution < -0.4 is 4.90 Å². The molecule has 0 bridgehead atoms. The molecule has 4 heteroatoms. The number of aromatic nitrogens is 1. The van der Waals surface area contributed by atoms with Gasteiger partial charge in [-0.2, -0.15) is 0 Å². The van der Waals surface area contributed by atoms with Crippen molar-refractivity contribution < 1.29 is 0 Å². The summed E-state index contributed by atoms with van der Waals surface area (Å²) in [5, 5.41) is 0. The summed E-state index contributed by atoms with van der Waals surface area (Å²) in [6.45, 7) is 9.46. The predicted molar refractivity (Wildman–Crippen MR) is 112 cm³/mol. The van der Waals surface area contributed by atoms with E-state index in [2.05, 4.69) is 62.1 Å². The van der Waals surface area contributed by atoms with Crippen LogP contribution in [-0.4, -0.2) is 67.1 Å². The molecular weight excluding hydrogens is 332 g/mol. The molecule has 27 heavy (non-hydrogen) atoms. The van der Waals surface area contributed by atoms with Crippen molar-refractivity contribution in [3.63, 3.8) is 0 Å². The molecule has 0 aliphatic carbocycles. The molecule has 0 saturated carbocycles. The molecule has 0 spiro atoms. The first kappa shape index (κ1) is 18.5. The van der Waals surface area contributed by atoms with Crippen molar-refractivity contribution in [1.82, 2.24) is 14.8 Å². The number of hydrogen-bond donors (Lipinski definition) is 0. The molecule has 1 aromatic carbocycles. The van der Waals surface area contributed by atoms with Crippen LogP contribution >= 0.6 is 0 Å². The lowest BCUT2D eigenvalue weighted by molar-refractivity contribution is 0.152. The Balaban J connectivity index is 1.14. The fraction of sp³-hybridized carbons (Fsp3) is 0.522. The highest BCUT2D eigenvalue weighted by Gasteiger charge is 2.21. The molecule has 0 amide bonds. The van der Waals surface area contributed by atoms with E-state index < -0.39 is 0 Å². The second-order valence-electron chi connectivity index (χ2n) is 7.99. The Bertz CT molecular complexity index is 659. The van der Waals surface area contributed by atoms with E-state index in [0.717, 1.165) is 37.9 Å². The number of piperidine rings is 1. The van der Waals surface area contributed by atoms with Crippen molar-refractivity contribution in [3.8, 4) is 0 Å². The minimum atomic E-state index is 0.866. The average molecular weight is 365 g/mol. The number of anilines is 1. The molecular formula is C23H32N4. The van der Waals surface area contributed by atoms with Crippen molar-refractivity contribution in [2.24, 2.45) is 5.92 Å². The lowest BCUT2D eigenvalue weighted by Gasteiger charge is -2.37. The van der Waals surface area contributed by atoms with Crippen molar-refractivity contribution in [2.75, 3.05) is 57.3 Å². The Labute approximate surface area is 163 Å². The molecule has 2 aromatic rings. The Morgan fingerprint density at radius 3 is 2.07 bits per heavy atom. The quantitative estimate of drug-likeness (QED) is 0.785. The molecule has 3 heterocycles. The van der Waals surface area contributed by atoms with Gasteiger partial charge < -0.3 is 9.80 Å². The van der Waals surface area contributed by atoms with Crippen molar-refractivity contribution >= 4 is 5.82 Å². The van der Waals surface area contributed by atoms with Gasteiger partial charge in [0.25, 0.3) is 0 Å². The number of likely N-dealkylation sites (tertiary alicyclic amines) is 1. The monoisotopic (exact) mass is 364 g/mol. The minimum Gasteiger partial charge on any atom is -0.354 e. The standard InChI is InChI=1S/C23H32N4/c1-2-6-21(7-3-1)20-22-9-12-25(13-10-22)14-15-26-16-18-27(19-17-26)23-8-4-5-11-24-23/h1-8,11,22H,9-10,12-20H2. The van der Waals surface area contributed by atoms with Gasteiger partial charge in [0.1, 0.15) is 5.82 Å². The summed E-state index contributed by atoms with van der Waals surface area (Å²) in [4.78, 5) is 12.2. The van der Waals surface area contributed by atoms with Gasteiger partial charge in [0.05, 0.1) is 0 Å². The zero-order chi connectivity index (χ0) is 18.3. The number of hydrogen-bond acceptors (Lipinski definition) is 4. The van der Waals surface area contributed by atoms with Gasteiger partial charge in [-0.25, -0.2) is 4.98 Å². The van der Waals surface area contributed by atoms with Gasteiger partial charge in [-0.3, -0.25) is 4.90 Å². The van der Waals surface area contributed by atoms with Gasteiger partial charge in [0, 0.05) is 45.5 Å². The fourth-order valence-corrected chi connectivity index (χ4v) is 4.39. The Morgan fingerprint density at radius 1 is 0.741 bits per heavy atom. The van der Waals surface area contributed by atoms with Crippen LogP contribution in [0.2, 0.25) is 0 Å². The first-order chi connectivity index (χ1) is 13.4.